The monoisotopic (exact) mass is 333 g/mol. The Hall–Kier alpha value is -1.14. The Morgan fingerprint density at radius 1 is 1.12 bits per heavy atom. The molecule has 2 fully saturated rings. The summed E-state index contributed by atoms with van der Waals surface area (Å²) in [7, 11) is 0. The highest BCUT2D eigenvalue weighted by molar-refractivity contribution is 5.43. The average Bonchev–Trinajstić information content (AvgIpc) is 3.17. The molecule has 1 aromatic rings. The van der Waals surface area contributed by atoms with Gasteiger partial charge < -0.3 is 19.0 Å². The van der Waals surface area contributed by atoms with Gasteiger partial charge in [-0.25, -0.2) is 5.90 Å². The van der Waals surface area contributed by atoms with Gasteiger partial charge in [-0.05, 0) is 57.7 Å². The van der Waals surface area contributed by atoms with E-state index >= 15 is 0 Å². The van der Waals surface area contributed by atoms with E-state index in [1.54, 1.807) is 0 Å². The van der Waals surface area contributed by atoms with Crippen molar-refractivity contribution in [3.8, 4) is 5.75 Å². The van der Waals surface area contributed by atoms with Gasteiger partial charge in [0.2, 0.25) is 0 Å². The maximum Gasteiger partial charge on any atom is 0.124 e. The Bertz CT molecular complexity index is 620. The zero-order valence-corrected chi connectivity index (χ0v) is 14.9. The van der Waals surface area contributed by atoms with Crippen LogP contribution in [0.3, 0.4) is 0 Å². The van der Waals surface area contributed by atoms with Crippen molar-refractivity contribution in [3.05, 3.63) is 29.3 Å². The van der Waals surface area contributed by atoms with E-state index in [0.29, 0.717) is 12.5 Å². The van der Waals surface area contributed by atoms with Crippen molar-refractivity contribution < 1.29 is 19.0 Å². The molecule has 5 heteroatoms. The number of hydrogen-bond donors (Lipinski definition) is 1. The van der Waals surface area contributed by atoms with E-state index in [1.165, 1.54) is 11.1 Å². The molecular weight excluding hydrogens is 306 g/mol. The lowest BCUT2D eigenvalue weighted by molar-refractivity contribution is -0.233. The number of benzene rings is 1. The first-order chi connectivity index (χ1) is 11.3. The molecule has 0 radical (unpaired) electrons. The fourth-order valence-corrected chi connectivity index (χ4v) is 3.78. The molecule has 2 heterocycles. The van der Waals surface area contributed by atoms with Crippen molar-refractivity contribution in [2.75, 3.05) is 6.61 Å². The number of aryl methyl sites for hydroxylation is 1. The van der Waals surface area contributed by atoms with Crippen molar-refractivity contribution in [2.45, 2.75) is 76.0 Å². The zero-order chi connectivity index (χ0) is 17.1. The number of nitrogens with two attached hydrogens (primary N) is 1. The second-order valence-corrected chi connectivity index (χ2v) is 8.19. The first kappa shape index (κ1) is 16.3. The number of hydrogen-bond acceptors (Lipinski definition) is 5. The summed E-state index contributed by atoms with van der Waals surface area (Å²) in [5.74, 6) is 6.42. The normalized spacial score (nSPS) is 35.5. The molecule has 132 valence electrons. The Labute approximate surface area is 143 Å². The lowest BCUT2D eigenvalue weighted by atomic mass is 9.88. The highest BCUT2D eigenvalue weighted by atomic mass is 16.6. The molecule has 2 N–H and O–H groups in total. The molecule has 0 aromatic heterocycles. The highest BCUT2D eigenvalue weighted by Gasteiger charge is 2.64. The minimum atomic E-state index is -0.282. The number of fused-ring (bicyclic) bond motifs is 2. The van der Waals surface area contributed by atoms with Crippen LogP contribution in [0, 0.1) is 0 Å². The maximum absolute atomic E-state index is 6.34. The van der Waals surface area contributed by atoms with Crippen LogP contribution in [-0.4, -0.2) is 36.1 Å². The van der Waals surface area contributed by atoms with E-state index in [9.17, 15) is 0 Å². The Morgan fingerprint density at radius 3 is 2.42 bits per heavy atom. The molecule has 1 saturated carbocycles. The van der Waals surface area contributed by atoms with Crippen LogP contribution in [0.4, 0.5) is 0 Å². The van der Waals surface area contributed by atoms with Gasteiger partial charge in [-0.1, -0.05) is 12.1 Å². The van der Waals surface area contributed by atoms with Crippen LogP contribution in [0.1, 0.15) is 51.2 Å². The van der Waals surface area contributed by atoms with Crippen molar-refractivity contribution in [3.63, 3.8) is 0 Å². The van der Waals surface area contributed by atoms with Crippen molar-refractivity contribution in [1.82, 2.24) is 0 Å². The molecule has 2 aliphatic heterocycles. The van der Waals surface area contributed by atoms with Gasteiger partial charge in [-0.2, -0.15) is 0 Å². The summed E-state index contributed by atoms with van der Waals surface area (Å²) in [6.45, 7) is 8.87. The minimum absolute atomic E-state index is 0.0464. The second-order valence-electron chi connectivity index (χ2n) is 8.19. The van der Waals surface area contributed by atoms with Crippen molar-refractivity contribution in [1.29, 1.82) is 0 Å². The van der Waals surface area contributed by atoms with E-state index in [1.807, 2.05) is 0 Å². The van der Waals surface area contributed by atoms with E-state index in [4.69, 9.17) is 24.9 Å². The molecule has 3 atom stereocenters. The predicted molar refractivity (Wildman–Crippen MR) is 90.0 cm³/mol. The molecule has 1 aromatic carbocycles. The van der Waals surface area contributed by atoms with E-state index in [-0.39, 0.29) is 29.5 Å². The van der Waals surface area contributed by atoms with Crippen LogP contribution in [0.25, 0.3) is 0 Å². The van der Waals surface area contributed by atoms with Gasteiger partial charge in [0.1, 0.15) is 18.5 Å². The van der Waals surface area contributed by atoms with E-state index in [2.05, 4.69) is 45.9 Å². The molecule has 5 nitrogen and oxygen atoms in total. The second kappa shape index (κ2) is 5.43. The van der Waals surface area contributed by atoms with Crippen LogP contribution in [0.5, 0.6) is 5.75 Å². The fourth-order valence-electron chi connectivity index (χ4n) is 3.78. The van der Waals surface area contributed by atoms with Crippen LogP contribution in [-0.2, 0) is 20.7 Å². The van der Waals surface area contributed by atoms with Gasteiger partial charge in [0.25, 0.3) is 0 Å². The lowest BCUT2D eigenvalue weighted by Gasteiger charge is -2.44. The van der Waals surface area contributed by atoms with Crippen molar-refractivity contribution >= 4 is 0 Å². The van der Waals surface area contributed by atoms with E-state index in [0.717, 1.165) is 18.6 Å². The molecule has 1 aliphatic carbocycles. The third-order valence-electron chi connectivity index (χ3n) is 5.98. The molecule has 0 spiro atoms. The lowest BCUT2D eigenvalue weighted by Crippen LogP contribution is -2.53. The third-order valence-corrected chi connectivity index (χ3v) is 5.98. The highest BCUT2D eigenvalue weighted by Crippen LogP contribution is 2.55. The fraction of sp³-hybridized carbons (Fsp3) is 0.684. The topological polar surface area (TPSA) is 62.9 Å². The molecule has 2 unspecified atom stereocenters. The number of ether oxygens (including phenoxy) is 3. The Kier molecular flexibility index (Phi) is 3.69. The van der Waals surface area contributed by atoms with Gasteiger partial charge in [0.15, 0.2) is 0 Å². The largest absolute Gasteiger partial charge is 0.488 e. The summed E-state index contributed by atoms with van der Waals surface area (Å²) in [6.07, 6.45) is 2.28. The summed E-state index contributed by atoms with van der Waals surface area (Å²) in [4.78, 5) is 4.71. The molecule has 24 heavy (non-hydrogen) atoms. The van der Waals surface area contributed by atoms with Crippen LogP contribution in [0.15, 0.2) is 18.2 Å². The first-order valence-corrected chi connectivity index (χ1v) is 8.79. The standard InChI is InChI=1S/C19H27NO4/c1-18(2)19(3,4)24-17-15(16(17)23-18)12-6-8-14-11(9-12)5-7-13(22-14)10-21-20/h6,8-9,13,15-17H,5,7,10,20H2,1-4H3/t13-,15?,16?,17?/m1/s1. The Morgan fingerprint density at radius 2 is 1.79 bits per heavy atom. The quantitative estimate of drug-likeness (QED) is 0.862. The molecule has 4 rings (SSSR count). The third kappa shape index (κ3) is 2.54. The van der Waals surface area contributed by atoms with E-state index < -0.39 is 0 Å². The van der Waals surface area contributed by atoms with Crippen LogP contribution in [0.2, 0.25) is 0 Å². The SMILES string of the molecule is CC1(C)OC2C(OC1(C)C)C2c1ccc2c(c1)CC[C@H](CON)O2. The summed E-state index contributed by atoms with van der Waals surface area (Å²) in [6, 6.07) is 6.46. The molecule has 1 saturated heterocycles. The smallest absolute Gasteiger partial charge is 0.124 e. The molecule has 0 bridgehead atoms. The molecule has 0 amide bonds. The van der Waals surface area contributed by atoms with Gasteiger partial charge in [-0.15, -0.1) is 0 Å². The zero-order valence-electron chi connectivity index (χ0n) is 14.9. The summed E-state index contributed by atoms with van der Waals surface area (Å²) >= 11 is 0. The first-order valence-electron chi connectivity index (χ1n) is 8.79. The van der Waals surface area contributed by atoms with Gasteiger partial charge >= 0.3 is 0 Å². The van der Waals surface area contributed by atoms with Gasteiger partial charge in [0, 0.05) is 5.92 Å². The van der Waals surface area contributed by atoms with Crippen LogP contribution < -0.4 is 10.6 Å². The minimum Gasteiger partial charge on any atom is -0.488 e. The number of rotatable bonds is 3. The van der Waals surface area contributed by atoms with Crippen LogP contribution >= 0.6 is 0 Å². The molecular formula is C19H27NO4. The van der Waals surface area contributed by atoms with Gasteiger partial charge in [0.05, 0.1) is 23.4 Å². The van der Waals surface area contributed by atoms with Gasteiger partial charge in [-0.3, -0.25) is 0 Å². The van der Waals surface area contributed by atoms with Crippen molar-refractivity contribution in [2.24, 2.45) is 5.90 Å². The summed E-state index contributed by atoms with van der Waals surface area (Å²) in [5.41, 5.74) is 1.98. The average molecular weight is 333 g/mol. The Balaban J connectivity index is 1.52. The molecule has 3 aliphatic rings. The predicted octanol–water partition coefficient (Wildman–Crippen LogP) is 2.71. The summed E-state index contributed by atoms with van der Waals surface area (Å²) in [5, 5.41) is 0. The maximum atomic E-state index is 6.34. The summed E-state index contributed by atoms with van der Waals surface area (Å²) < 4.78 is 18.6.